The van der Waals surface area contributed by atoms with Crippen LogP contribution in [0.3, 0.4) is 0 Å². The van der Waals surface area contributed by atoms with Crippen molar-refractivity contribution in [1.29, 1.82) is 0 Å². The summed E-state index contributed by atoms with van der Waals surface area (Å²) >= 11 is 0. The molecular formula is C13H25N3. The van der Waals surface area contributed by atoms with Crippen LogP contribution in [0.25, 0.3) is 0 Å². The number of aromatic nitrogens is 2. The summed E-state index contributed by atoms with van der Waals surface area (Å²) in [5, 5.41) is 7.95. The molecule has 0 aliphatic carbocycles. The molecule has 1 atom stereocenters. The Bertz CT molecular complexity index is 291. The molecule has 1 rings (SSSR count). The van der Waals surface area contributed by atoms with Gasteiger partial charge in [0.1, 0.15) is 0 Å². The van der Waals surface area contributed by atoms with E-state index >= 15 is 0 Å². The van der Waals surface area contributed by atoms with E-state index in [0.29, 0.717) is 12.0 Å². The van der Waals surface area contributed by atoms with Crippen LogP contribution in [0, 0.1) is 5.92 Å². The van der Waals surface area contributed by atoms with Crippen molar-refractivity contribution >= 4 is 0 Å². The molecule has 0 aliphatic rings. The smallest absolute Gasteiger partial charge is 0.0537 e. The molecule has 3 heteroatoms. The zero-order chi connectivity index (χ0) is 12.0. The lowest BCUT2D eigenvalue weighted by atomic mass is 9.99. The highest BCUT2D eigenvalue weighted by molar-refractivity contribution is 5.10. The Kier molecular flexibility index (Phi) is 5.53. The Labute approximate surface area is 99.2 Å². The summed E-state index contributed by atoms with van der Waals surface area (Å²) in [5.74, 6) is 0.708. The quantitative estimate of drug-likeness (QED) is 0.770. The molecule has 0 aliphatic heterocycles. The lowest BCUT2D eigenvalue weighted by Gasteiger charge is -2.19. The summed E-state index contributed by atoms with van der Waals surface area (Å²) in [5.41, 5.74) is 1.32. The highest BCUT2D eigenvalue weighted by Crippen LogP contribution is 2.20. The molecule has 92 valence electrons. The van der Waals surface area contributed by atoms with E-state index in [2.05, 4.69) is 44.3 Å². The van der Waals surface area contributed by atoms with Crippen LogP contribution in [0.15, 0.2) is 12.4 Å². The summed E-state index contributed by atoms with van der Waals surface area (Å²) in [7, 11) is 0. The van der Waals surface area contributed by atoms with Crippen LogP contribution in [0.2, 0.25) is 0 Å². The van der Waals surface area contributed by atoms with Gasteiger partial charge in [-0.25, -0.2) is 0 Å². The van der Waals surface area contributed by atoms with Crippen molar-refractivity contribution in [3.8, 4) is 0 Å². The zero-order valence-electron chi connectivity index (χ0n) is 11.0. The van der Waals surface area contributed by atoms with E-state index in [1.807, 2.05) is 10.9 Å². The minimum Gasteiger partial charge on any atom is -0.310 e. The van der Waals surface area contributed by atoms with E-state index in [9.17, 15) is 0 Å². The molecule has 1 N–H and O–H groups in total. The molecule has 0 saturated heterocycles. The minimum absolute atomic E-state index is 0.459. The third-order valence-electron chi connectivity index (χ3n) is 2.73. The maximum atomic E-state index is 4.35. The second-order valence-corrected chi connectivity index (χ2v) is 4.77. The Morgan fingerprint density at radius 1 is 1.38 bits per heavy atom. The average molecular weight is 223 g/mol. The fourth-order valence-corrected chi connectivity index (χ4v) is 1.86. The number of hydrogen-bond donors (Lipinski definition) is 1. The standard InChI is InChI=1S/C13H25N3/c1-5-7-14-13(8-11(3)4)12-9-15-16(6-2)10-12/h9-11,13-14H,5-8H2,1-4H3. The Hall–Kier alpha value is -0.830. The van der Waals surface area contributed by atoms with Gasteiger partial charge < -0.3 is 5.32 Å². The monoisotopic (exact) mass is 223 g/mol. The van der Waals surface area contributed by atoms with Crippen LogP contribution >= 0.6 is 0 Å². The molecular weight excluding hydrogens is 198 g/mol. The van der Waals surface area contributed by atoms with Gasteiger partial charge in [-0.3, -0.25) is 4.68 Å². The molecule has 16 heavy (non-hydrogen) atoms. The van der Waals surface area contributed by atoms with Gasteiger partial charge in [0.2, 0.25) is 0 Å². The van der Waals surface area contributed by atoms with Crippen LogP contribution < -0.4 is 5.32 Å². The highest BCUT2D eigenvalue weighted by atomic mass is 15.3. The molecule has 1 unspecified atom stereocenters. The van der Waals surface area contributed by atoms with Crippen molar-refractivity contribution in [1.82, 2.24) is 15.1 Å². The third kappa shape index (κ3) is 3.97. The predicted octanol–water partition coefficient (Wildman–Crippen LogP) is 2.99. The average Bonchev–Trinajstić information content (AvgIpc) is 2.72. The van der Waals surface area contributed by atoms with Gasteiger partial charge in [-0.15, -0.1) is 0 Å². The second-order valence-electron chi connectivity index (χ2n) is 4.77. The van der Waals surface area contributed by atoms with Crippen molar-refractivity contribution in [2.45, 2.75) is 53.1 Å². The normalized spacial score (nSPS) is 13.3. The van der Waals surface area contributed by atoms with Gasteiger partial charge in [0.05, 0.1) is 6.20 Å². The molecule has 1 aromatic rings. The topological polar surface area (TPSA) is 29.9 Å². The molecule has 0 amide bonds. The van der Waals surface area contributed by atoms with Gasteiger partial charge in [-0.1, -0.05) is 20.8 Å². The molecule has 0 spiro atoms. The second kappa shape index (κ2) is 6.69. The summed E-state index contributed by atoms with van der Waals surface area (Å²) in [4.78, 5) is 0. The summed E-state index contributed by atoms with van der Waals surface area (Å²) in [6.45, 7) is 10.9. The molecule has 3 nitrogen and oxygen atoms in total. The van der Waals surface area contributed by atoms with Gasteiger partial charge in [-0.05, 0) is 32.2 Å². The maximum absolute atomic E-state index is 4.35. The third-order valence-corrected chi connectivity index (χ3v) is 2.73. The molecule has 1 heterocycles. The fourth-order valence-electron chi connectivity index (χ4n) is 1.86. The summed E-state index contributed by atoms with van der Waals surface area (Å²) < 4.78 is 2.00. The van der Waals surface area contributed by atoms with E-state index in [4.69, 9.17) is 0 Å². The van der Waals surface area contributed by atoms with E-state index < -0.39 is 0 Å². The Balaban J connectivity index is 2.66. The largest absolute Gasteiger partial charge is 0.310 e. The van der Waals surface area contributed by atoms with Crippen LogP contribution in [-0.4, -0.2) is 16.3 Å². The van der Waals surface area contributed by atoms with Crippen LogP contribution in [-0.2, 0) is 6.54 Å². The predicted molar refractivity (Wildman–Crippen MR) is 68.4 cm³/mol. The van der Waals surface area contributed by atoms with Gasteiger partial charge in [-0.2, -0.15) is 5.10 Å². The SMILES string of the molecule is CCCNC(CC(C)C)c1cnn(CC)c1. The first-order valence-electron chi connectivity index (χ1n) is 6.43. The lowest BCUT2D eigenvalue weighted by Crippen LogP contribution is -2.23. The number of rotatable bonds is 7. The van der Waals surface area contributed by atoms with Crippen LogP contribution in [0.1, 0.15) is 52.1 Å². The van der Waals surface area contributed by atoms with Gasteiger partial charge in [0, 0.05) is 24.3 Å². The van der Waals surface area contributed by atoms with Gasteiger partial charge >= 0.3 is 0 Å². The number of aryl methyl sites for hydroxylation is 1. The first-order chi connectivity index (χ1) is 7.67. The van der Waals surface area contributed by atoms with E-state index in [-0.39, 0.29) is 0 Å². The van der Waals surface area contributed by atoms with Crippen molar-refractivity contribution in [2.24, 2.45) is 5.92 Å². The number of nitrogens with one attached hydrogen (secondary N) is 1. The van der Waals surface area contributed by atoms with Crippen LogP contribution in [0.4, 0.5) is 0 Å². The molecule has 0 bridgehead atoms. The van der Waals surface area contributed by atoms with Crippen molar-refractivity contribution in [3.05, 3.63) is 18.0 Å². The summed E-state index contributed by atoms with van der Waals surface area (Å²) in [6.07, 6.45) is 6.51. The Morgan fingerprint density at radius 3 is 2.62 bits per heavy atom. The van der Waals surface area contributed by atoms with Gasteiger partial charge in [0.15, 0.2) is 0 Å². The lowest BCUT2D eigenvalue weighted by molar-refractivity contribution is 0.430. The minimum atomic E-state index is 0.459. The van der Waals surface area contributed by atoms with E-state index in [0.717, 1.165) is 13.1 Å². The van der Waals surface area contributed by atoms with E-state index in [1.165, 1.54) is 18.4 Å². The summed E-state index contributed by atoms with van der Waals surface area (Å²) in [6, 6.07) is 0.459. The Morgan fingerprint density at radius 2 is 2.12 bits per heavy atom. The maximum Gasteiger partial charge on any atom is 0.0537 e. The highest BCUT2D eigenvalue weighted by Gasteiger charge is 2.14. The molecule has 0 fully saturated rings. The van der Waals surface area contributed by atoms with Gasteiger partial charge in [0.25, 0.3) is 0 Å². The molecule has 1 aromatic heterocycles. The van der Waals surface area contributed by atoms with Crippen molar-refractivity contribution in [2.75, 3.05) is 6.54 Å². The molecule has 0 aromatic carbocycles. The molecule has 0 saturated carbocycles. The number of hydrogen-bond acceptors (Lipinski definition) is 2. The molecule has 0 radical (unpaired) electrons. The number of nitrogens with zero attached hydrogens (tertiary/aromatic N) is 2. The fraction of sp³-hybridized carbons (Fsp3) is 0.769. The van der Waals surface area contributed by atoms with Crippen LogP contribution in [0.5, 0.6) is 0 Å². The van der Waals surface area contributed by atoms with Crippen molar-refractivity contribution < 1.29 is 0 Å². The van der Waals surface area contributed by atoms with Crippen molar-refractivity contribution in [3.63, 3.8) is 0 Å². The first-order valence-corrected chi connectivity index (χ1v) is 6.43. The van der Waals surface area contributed by atoms with E-state index in [1.54, 1.807) is 0 Å². The first kappa shape index (κ1) is 13.2. The zero-order valence-corrected chi connectivity index (χ0v) is 11.0.